The van der Waals surface area contributed by atoms with Crippen LogP contribution < -0.4 is 0 Å². The van der Waals surface area contributed by atoms with E-state index in [1.165, 1.54) is 13.4 Å². The number of benzene rings is 1. The van der Waals surface area contributed by atoms with Crippen LogP contribution in [-0.2, 0) is 19.1 Å². The molecule has 1 unspecified atom stereocenters. The first-order valence-corrected chi connectivity index (χ1v) is 5.91. The fourth-order valence-corrected chi connectivity index (χ4v) is 1.73. The van der Waals surface area contributed by atoms with Gasteiger partial charge in [0.25, 0.3) is 0 Å². The summed E-state index contributed by atoms with van der Waals surface area (Å²) in [6, 6.07) is 9.71. The summed E-state index contributed by atoms with van der Waals surface area (Å²) >= 11 is 0. The normalized spacial score (nSPS) is 18.9. The molecule has 0 radical (unpaired) electrons. The zero-order valence-electron chi connectivity index (χ0n) is 10.5. The molecule has 0 aliphatic carbocycles. The standard InChI is InChI=1S/C15H14O4/c1-18-15(17)13-10-19-12(9-14(13)16)8-7-11-5-3-2-4-6-11/h2-8,10,12H,9H2,1H3/b8-7+. The molecule has 1 aliphatic rings. The second-order valence-corrected chi connectivity index (χ2v) is 4.09. The van der Waals surface area contributed by atoms with Crippen LogP contribution in [0.25, 0.3) is 6.08 Å². The van der Waals surface area contributed by atoms with Crippen molar-refractivity contribution in [3.8, 4) is 0 Å². The highest BCUT2D eigenvalue weighted by atomic mass is 16.5. The number of carbonyl (C=O) groups is 2. The van der Waals surface area contributed by atoms with Crippen molar-refractivity contribution in [2.24, 2.45) is 0 Å². The maximum atomic E-state index is 11.7. The van der Waals surface area contributed by atoms with Crippen molar-refractivity contribution in [3.05, 3.63) is 53.8 Å². The molecule has 0 fully saturated rings. The molecule has 0 aromatic heterocycles. The first kappa shape index (κ1) is 13.1. The highest BCUT2D eigenvalue weighted by Crippen LogP contribution is 2.17. The maximum Gasteiger partial charge on any atom is 0.344 e. The van der Waals surface area contributed by atoms with Crippen LogP contribution in [0.15, 0.2) is 48.2 Å². The Balaban J connectivity index is 2.03. The van der Waals surface area contributed by atoms with E-state index < -0.39 is 5.97 Å². The summed E-state index contributed by atoms with van der Waals surface area (Å²) in [5, 5.41) is 0. The molecule has 0 bridgehead atoms. The molecule has 0 amide bonds. The molecule has 4 nitrogen and oxygen atoms in total. The van der Waals surface area contributed by atoms with Gasteiger partial charge in [0.1, 0.15) is 17.9 Å². The molecule has 2 rings (SSSR count). The minimum Gasteiger partial charge on any atom is -0.492 e. The van der Waals surface area contributed by atoms with Gasteiger partial charge in [0, 0.05) is 0 Å². The zero-order valence-corrected chi connectivity index (χ0v) is 10.5. The van der Waals surface area contributed by atoms with Gasteiger partial charge in [0.15, 0.2) is 5.78 Å². The van der Waals surface area contributed by atoms with E-state index in [0.29, 0.717) is 0 Å². The molecule has 98 valence electrons. The minimum absolute atomic E-state index is 0.0353. The molecular weight excluding hydrogens is 244 g/mol. The number of methoxy groups -OCH3 is 1. The lowest BCUT2D eigenvalue weighted by atomic mass is 10.0. The third-order valence-corrected chi connectivity index (χ3v) is 2.76. The third-order valence-electron chi connectivity index (χ3n) is 2.76. The van der Waals surface area contributed by atoms with Crippen LogP contribution in [0.2, 0.25) is 0 Å². The molecular formula is C15H14O4. The summed E-state index contributed by atoms with van der Waals surface area (Å²) in [5.74, 6) is -0.920. The first-order valence-electron chi connectivity index (χ1n) is 5.91. The van der Waals surface area contributed by atoms with Crippen LogP contribution in [0.4, 0.5) is 0 Å². The molecule has 1 atom stereocenters. The number of ketones is 1. The molecule has 0 saturated carbocycles. The molecule has 0 spiro atoms. The van der Waals surface area contributed by atoms with E-state index in [4.69, 9.17) is 4.74 Å². The van der Waals surface area contributed by atoms with Gasteiger partial charge in [-0.1, -0.05) is 36.4 Å². The number of esters is 1. The fourth-order valence-electron chi connectivity index (χ4n) is 1.73. The third kappa shape index (κ3) is 3.31. The van der Waals surface area contributed by atoms with Gasteiger partial charge in [0.05, 0.1) is 13.5 Å². The zero-order chi connectivity index (χ0) is 13.7. The summed E-state index contributed by atoms with van der Waals surface area (Å²) in [6.07, 6.45) is 4.66. The van der Waals surface area contributed by atoms with E-state index >= 15 is 0 Å². The van der Waals surface area contributed by atoms with Gasteiger partial charge in [-0.05, 0) is 11.6 Å². The van der Waals surface area contributed by atoms with Crippen molar-refractivity contribution in [3.63, 3.8) is 0 Å². The Morgan fingerprint density at radius 3 is 2.74 bits per heavy atom. The lowest BCUT2D eigenvalue weighted by Gasteiger charge is -2.18. The van der Waals surface area contributed by atoms with Crippen LogP contribution in [-0.4, -0.2) is 25.0 Å². The second-order valence-electron chi connectivity index (χ2n) is 4.09. The van der Waals surface area contributed by atoms with Crippen molar-refractivity contribution >= 4 is 17.8 Å². The van der Waals surface area contributed by atoms with E-state index in [9.17, 15) is 9.59 Å². The summed E-state index contributed by atoms with van der Waals surface area (Å²) in [7, 11) is 1.23. The maximum absolute atomic E-state index is 11.7. The summed E-state index contributed by atoms with van der Waals surface area (Å²) in [5.41, 5.74) is 0.994. The predicted molar refractivity (Wildman–Crippen MR) is 70.1 cm³/mol. The summed E-state index contributed by atoms with van der Waals surface area (Å²) in [4.78, 5) is 23.0. The Kier molecular flexibility index (Phi) is 4.13. The summed E-state index contributed by atoms with van der Waals surface area (Å²) < 4.78 is 9.83. The Bertz CT molecular complexity index is 528. The SMILES string of the molecule is COC(=O)C1=COC(/C=C/c2ccccc2)CC1=O. The number of hydrogen-bond acceptors (Lipinski definition) is 4. The van der Waals surface area contributed by atoms with Crippen LogP contribution in [0.5, 0.6) is 0 Å². The van der Waals surface area contributed by atoms with Gasteiger partial charge in [-0.2, -0.15) is 0 Å². The molecule has 0 N–H and O–H groups in total. The van der Waals surface area contributed by atoms with Gasteiger partial charge < -0.3 is 9.47 Å². The smallest absolute Gasteiger partial charge is 0.344 e. The second kappa shape index (κ2) is 6.00. The van der Waals surface area contributed by atoms with Gasteiger partial charge in [-0.25, -0.2) is 4.79 Å². The van der Waals surface area contributed by atoms with E-state index in [0.717, 1.165) is 5.56 Å². The van der Waals surface area contributed by atoms with E-state index in [2.05, 4.69) is 4.74 Å². The van der Waals surface area contributed by atoms with Gasteiger partial charge >= 0.3 is 5.97 Å². The lowest BCUT2D eigenvalue weighted by molar-refractivity contribution is -0.138. The first-order chi connectivity index (χ1) is 9.20. The van der Waals surface area contributed by atoms with Gasteiger partial charge in [-0.3, -0.25) is 4.79 Å². The van der Waals surface area contributed by atoms with Crippen molar-refractivity contribution in [1.82, 2.24) is 0 Å². The van der Waals surface area contributed by atoms with Gasteiger partial charge in [-0.15, -0.1) is 0 Å². The largest absolute Gasteiger partial charge is 0.492 e. The molecule has 1 aromatic carbocycles. The molecule has 19 heavy (non-hydrogen) atoms. The van der Waals surface area contributed by atoms with Crippen LogP contribution in [0, 0.1) is 0 Å². The Morgan fingerprint density at radius 1 is 1.37 bits per heavy atom. The van der Waals surface area contributed by atoms with E-state index in [1.807, 2.05) is 36.4 Å². The van der Waals surface area contributed by atoms with Gasteiger partial charge in [0.2, 0.25) is 0 Å². The van der Waals surface area contributed by atoms with Crippen molar-refractivity contribution in [2.45, 2.75) is 12.5 Å². The fraction of sp³-hybridized carbons (Fsp3) is 0.200. The van der Waals surface area contributed by atoms with Crippen LogP contribution in [0.1, 0.15) is 12.0 Å². The Labute approximate surface area is 111 Å². The highest BCUT2D eigenvalue weighted by molar-refractivity contribution is 6.17. The van der Waals surface area contributed by atoms with Crippen LogP contribution in [0.3, 0.4) is 0 Å². The number of hydrogen-bond donors (Lipinski definition) is 0. The average Bonchev–Trinajstić information content (AvgIpc) is 2.45. The van der Waals surface area contributed by atoms with Crippen molar-refractivity contribution in [2.75, 3.05) is 7.11 Å². The minimum atomic E-state index is -0.657. The van der Waals surface area contributed by atoms with Crippen molar-refractivity contribution in [1.29, 1.82) is 0 Å². The highest BCUT2D eigenvalue weighted by Gasteiger charge is 2.26. The number of carbonyl (C=O) groups excluding carboxylic acids is 2. The molecule has 4 heteroatoms. The molecule has 1 aromatic rings. The Morgan fingerprint density at radius 2 is 2.11 bits per heavy atom. The quantitative estimate of drug-likeness (QED) is 0.615. The number of rotatable bonds is 3. The topological polar surface area (TPSA) is 52.6 Å². The van der Waals surface area contributed by atoms with E-state index in [1.54, 1.807) is 6.08 Å². The number of Topliss-reactive ketones (excluding diaryl/α,β-unsaturated/α-hetero) is 1. The molecule has 1 heterocycles. The number of ether oxygens (including phenoxy) is 2. The van der Waals surface area contributed by atoms with E-state index in [-0.39, 0.29) is 23.9 Å². The summed E-state index contributed by atoms with van der Waals surface area (Å²) in [6.45, 7) is 0. The molecule has 0 saturated heterocycles. The van der Waals surface area contributed by atoms with Crippen molar-refractivity contribution < 1.29 is 19.1 Å². The van der Waals surface area contributed by atoms with Crippen LogP contribution >= 0.6 is 0 Å². The predicted octanol–water partition coefficient (Wildman–Crippen LogP) is 2.11. The lowest BCUT2D eigenvalue weighted by Crippen LogP contribution is -2.25. The molecule has 1 aliphatic heterocycles. The average molecular weight is 258 g/mol. The Hall–Kier alpha value is -2.36. The monoisotopic (exact) mass is 258 g/mol.